The zero-order valence-electron chi connectivity index (χ0n) is 18.4. The maximum Gasteiger partial charge on any atom is 0.151 e. The summed E-state index contributed by atoms with van der Waals surface area (Å²) in [7, 11) is 2.21. The highest BCUT2D eigenvalue weighted by Gasteiger charge is 2.16. The molecule has 2 heterocycles. The fourth-order valence-electron chi connectivity index (χ4n) is 3.36. The monoisotopic (exact) mass is 414 g/mol. The van der Waals surface area contributed by atoms with E-state index in [1.165, 1.54) is 24.8 Å². The van der Waals surface area contributed by atoms with Crippen LogP contribution in [0, 0.1) is 0 Å². The molecule has 0 amide bonds. The summed E-state index contributed by atoms with van der Waals surface area (Å²) in [5.41, 5.74) is 9.51. The first-order valence-corrected chi connectivity index (χ1v) is 11.4. The van der Waals surface area contributed by atoms with Crippen molar-refractivity contribution >= 4 is 38.3 Å². The molecular formula is C23H34N4OS. The Bertz CT molecular complexity index is 961. The van der Waals surface area contributed by atoms with Crippen molar-refractivity contribution < 1.29 is 4.74 Å². The lowest BCUT2D eigenvalue weighted by molar-refractivity contribution is 0.134. The van der Waals surface area contributed by atoms with Gasteiger partial charge in [-0.15, -0.1) is 11.3 Å². The molecule has 5 nitrogen and oxygen atoms in total. The molecule has 6 heteroatoms. The van der Waals surface area contributed by atoms with Crippen molar-refractivity contribution in [1.82, 2.24) is 14.9 Å². The molecule has 2 aromatic heterocycles. The van der Waals surface area contributed by atoms with Gasteiger partial charge in [0.1, 0.15) is 10.5 Å². The van der Waals surface area contributed by atoms with Crippen molar-refractivity contribution in [2.75, 3.05) is 25.9 Å². The van der Waals surface area contributed by atoms with Gasteiger partial charge in [-0.3, -0.25) is 0 Å². The van der Waals surface area contributed by atoms with Crippen molar-refractivity contribution in [1.29, 1.82) is 0 Å². The van der Waals surface area contributed by atoms with Crippen molar-refractivity contribution in [2.45, 2.75) is 65.5 Å². The molecule has 2 N–H and O–H groups in total. The molecule has 0 aliphatic carbocycles. The van der Waals surface area contributed by atoms with E-state index in [9.17, 15) is 0 Å². The van der Waals surface area contributed by atoms with Crippen LogP contribution in [0.2, 0.25) is 0 Å². The maximum absolute atomic E-state index is 6.16. The van der Waals surface area contributed by atoms with E-state index < -0.39 is 0 Å². The highest BCUT2D eigenvalue weighted by atomic mass is 32.1. The van der Waals surface area contributed by atoms with Gasteiger partial charge < -0.3 is 15.4 Å². The standard InChI is InChI=1S/C23H34N4OS/c1-6-28-15-19-26-20-21(29-19)17-14-16(11-12-18(17)25-22(20)24)10-8-7-9-13-27(5)23(2,3)4/h11-12,14H,6-10,13,15H2,1-5H3,(H2,24,25). The number of ether oxygens (including phenoxy) is 1. The zero-order valence-corrected chi connectivity index (χ0v) is 19.2. The van der Waals surface area contributed by atoms with E-state index in [0.29, 0.717) is 19.0 Å². The fourth-order valence-corrected chi connectivity index (χ4v) is 4.40. The van der Waals surface area contributed by atoms with Gasteiger partial charge in [-0.25, -0.2) is 9.97 Å². The number of pyridine rings is 1. The Kier molecular flexibility index (Phi) is 7.09. The molecule has 158 valence electrons. The molecule has 0 saturated carbocycles. The lowest BCUT2D eigenvalue weighted by atomic mass is 10.0. The molecule has 0 saturated heterocycles. The van der Waals surface area contributed by atoms with E-state index in [-0.39, 0.29) is 5.54 Å². The third kappa shape index (κ3) is 5.44. The van der Waals surface area contributed by atoms with Gasteiger partial charge in [-0.1, -0.05) is 12.5 Å². The Hall–Kier alpha value is -1.76. The third-order valence-electron chi connectivity index (χ3n) is 5.49. The van der Waals surface area contributed by atoms with Crippen molar-refractivity contribution in [2.24, 2.45) is 0 Å². The average Bonchev–Trinajstić information content (AvgIpc) is 3.11. The predicted octanol–water partition coefficient (Wildman–Crippen LogP) is 5.41. The fraction of sp³-hybridized carbons (Fsp3) is 0.565. The SMILES string of the molecule is CCOCc1nc2c(N)nc3ccc(CCCCCN(C)C(C)(C)C)cc3c2s1. The molecule has 0 bridgehead atoms. The minimum Gasteiger partial charge on any atom is -0.382 e. The number of hydrogen-bond acceptors (Lipinski definition) is 6. The van der Waals surface area contributed by atoms with Gasteiger partial charge in [0, 0.05) is 17.5 Å². The van der Waals surface area contributed by atoms with Crippen LogP contribution in [-0.4, -0.2) is 40.6 Å². The average molecular weight is 415 g/mol. The molecule has 0 spiro atoms. The zero-order chi connectivity index (χ0) is 21.0. The third-order valence-corrected chi connectivity index (χ3v) is 6.56. The predicted molar refractivity (Wildman–Crippen MR) is 125 cm³/mol. The first-order valence-electron chi connectivity index (χ1n) is 10.6. The van der Waals surface area contributed by atoms with Crippen LogP contribution in [0.3, 0.4) is 0 Å². The summed E-state index contributed by atoms with van der Waals surface area (Å²) in [5, 5.41) is 2.11. The first-order chi connectivity index (χ1) is 13.8. The van der Waals surface area contributed by atoms with Gasteiger partial charge in [0.2, 0.25) is 0 Å². The van der Waals surface area contributed by atoms with Crippen LogP contribution in [0.4, 0.5) is 5.82 Å². The number of rotatable bonds is 9. The lowest BCUT2D eigenvalue weighted by Gasteiger charge is -2.31. The van der Waals surface area contributed by atoms with E-state index in [1.54, 1.807) is 11.3 Å². The molecule has 3 rings (SSSR count). The number of nitrogens with two attached hydrogens (primary N) is 1. The molecule has 3 aromatic rings. The van der Waals surface area contributed by atoms with E-state index in [1.807, 2.05) is 6.92 Å². The quantitative estimate of drug-likeness (QED) is 0.475. The molecule has 1 aromatic carbocycles. The molecule has 0 atom stereocenters. The summed E-state index contributed by atoms with van der Waals surface area (Å²) >= 11 is 1.67. The second-order valence-electron chi connectivity index (χ2n) is 8.67. The summed E-state index contributed by atoms with van der Waals surface area (Å²) in [6, 6.07) is 6.55. The summed E-state index contributed by atoms with van der Waals surface area (Å²) in [6.07, 6.45) is 4.77. The summed E-state index contributed by atoms with van der Waals surface area (Å²) in [4.78, 5) is 11.6. The van der Waals surface area contributed by atoms with Gasteiger partial charge >= 0.3 is 0 Å². The topological polar surface area (TPSA) is 64.3 Å². The van der Waals surface area contributed by atoms with Crippen molar-refractivity contribution in [3.63, 3.8) is 0 Å². The van der Waals surface area contributed by atoms with Gasteiger partial charge in [-0.2, -0.15) is 0 Å². The summed E-state index contributed by atoms with van der Waals surface area (Å²) in [6.45, 7) is 11.1. The number of nitrogens with zero attached hydrogens (tertiary/aromatic N) is 3. The molecule has 0 radical (unpaired) electrons. The summed E-state index contributed by atoms with van der Waals surface area (Å²) < 4.78 is 6.64. The minimum atomic E-state index is 0.244. The number of aromatic nitrogens is 2. The van der Waals surface area contributed by atoms with Gasteiger partial charge in [0.25, 0.3) is 0 Å². The van der Waals surface area contributed by atoms with Crippen molar-refractivity contribution in [3.05, 3.63) is 28.8 Å². The van der Waals surface area contributed by atoms with Crippen LogP contribution >= 0.6 is 11.3 Å². The molecular weight excluding hydrogens is 380 g/mol. The second kappa shape index (κ2) is 9.37. The number of nitrogen functional groups attached to an aromatic ring is 1. The number of hydrogen-bond donors (Lipinski definition) is 1. The Balaban J connectivity index is 1.69. The normalized spacial score (nSPS) is 12.5. The smallest absolute Gasteiger partial charge is 0.151 e. The maximum atomic E-state index is 6.16. The Morgan fingerprint density at radius 3 is 2.66 bits per heavy atom. The van der Waals surface area contributed by atoms with Gasteiger partial charge in [-0.05, 0) is 78.2 Å². The van der Waals surface area contributed by atoms with E-state index >= 15 is 0 Å². The number of benzene rings is 1. The number of fused-ring (bicyclic) bond motifs is 3. The first kappa shape index (κ1) is 21.9. The number of aryl methyl sites for hydroxylation is 1. The lowest BCUT2D eigenvalue weighted by Crippen LogP contribution is -2.38. The highest BCUT2D eigenvalue weighted by molar-refractivity contribution is 7.19. The van der Waals surface area contributed by atoms with E-state index in [2.05, 4.69) is 60.9 Å². The van der Waals surface area contributed by atoms with E-state index in [4.69, 9.17) is 10.5 Å². The Labute approximate surface area is 178 Å². The van der Waals surface area contributed by atoms with E-state index in [0.717, 1.165) is 39.1 Å². The Morgan fingerprint density at radius 2 is 1.93 bits per heavy atom. The van der Waals surface area contributed by atoms with Gasteiger partial charge in [0.15, 0.2) is 5.82 Å². The van der Waals surface area contributed by atoms with Crippen molar-refractivity contribution in [3.8, 4) is 0 Å². The molecule has 0 aliphatic rings. The Morgan fingerprint density at radius 1 is 1.14 bits per heavy atom. The van der Waals surface area contributed by atoms with Crippen LogP contribution in [0.1, 0.15) is 57.5 Å². The van der Waals surface area contributed by atoms with Crippen LogP contribution < -0.4 is 5.73 Å². The second-order valence-corrected chi connectivity index (χ2v) is 9.76. The van der Waals surface area contributed by atoms with Crippen LogP contribution in [0.5, 0.6) is 0 Å². The molecule has 0 unspecified atom stereocenters. The molecule has 0 aliphatic heterocycles. The molecule has 0 fully saturated rings. The number of anilines is 1. The number of unbranched alkanes of at least 4 members (excludes halogenated alkanes) is 2. The molecule has 29 heavy (non-hydrogen) atoms. The van der Waals surface area contributed by atoms with Crippen LogP contribution in [0.15, 0.2) is 18.2 Å². The van der Waals surface area contributed by atoms with Crippen LogP contribution in [-0.2, 0) is 17.8 Å². The van der Waals surface area contributed by atoms with Gasteiger partial charge in [0.05, 0.1) is 16.8 Å². The highest BCUT2D eigenvalue weighted by Crippen LogP contribution is 2.33. The largest absolute Gasteiger partial charge is 0.382 e. The summed E-state index contributed by atoms with van der Waals surface area (Å²) in [5.74, 6) is 0.502. The van der Waals surface area contributed by atoms with Crippen LogP contribution in [0.25, 0.3) is 21.1 Å². The number of thiazole rings is 1. The minimum absolute atomic E-state index is 0.244.